The number of methoxy groups -OCH3 is 1. The van der Waals surface area contributed by atoms with Crippen LogP contribution in [-0.4, -0.2) is 83.2 Å². The van der Waals surface area contributed by atoms with E-state index < -0.39 is 0 Å². The number of rotatable bonds is 13. The van der Waals surface area contributed by atoms with Crippen LogP contribution in [0.3, 0.4) is 0 Å². The molecule has 0 bridgehead atoms. The van der Waals surface area contributed by atoms with Gasteiger partial charge in [-0.25, -0.2) is 4.98 Å². The number of aryl methyl sites for hydroxylation is 1. The van der Waals surface area contributed by atoms with Crippen molar-refractivity contribution < 1.29 is 14.3 Å². The maximum Gasteiger partial charge on any atom is 0.260 e. The molecule has 222 valence electrons. The molecular weight excluding hydrogens is 556 g/mol. The van der Waals surface area contributed by atoms with Crippen molar-refractivity contribution in [1.29, 1.82) is 0 Å². The summed E-state index contributed by atoms with van der Waals surface area (Å²) in [4.78, 5) is 39.1. The Kier molecular flexibility index (Phi) is 10.8. The van der Waals surface area contributed by atoms with Gasteiger partial charge in [-0.05, 0) is 37.6 Å². The molecule has 3 heterocycles. The van der Waals surface area contributed by atoms with Gasteiger partial charge in [0.25, 0.3) is 5.56 Å². The van der Waals surface area contributed by atoms with Gasteiger partial charge in [0.05, 0.1) is 25.3 Å². The highest BCUT2D eigenvalue weighted by atomic mass is 35.5. The number of piperazine rings is 1. The zero-order chi connectivity index (χ0) is 30.1. The van der Waals surface area contributed by atoms with Crippen molar-refractivity contribution in [2.75, 3.05) is 58.3 Å². The Bertz CT molecular complexity index is 1520. The van der Waals surface area contributed by atoms with E-state index in [9.17, 15) is 9.59 Å². The first-order valence-corrected chi connectivity index (χ1v) is 14.5. The number of carbonyl (C=O) groups excluding carboxylic acids is 1. The Balaban J connectivity index is 1.68. The molecule has 0 radical (unpaired) electrons. The number of anilines is 1. The number of terminal acetylenes is 1. The summed E-state index contributed by atoms with van der Waals surface area (Å²) in [5, 5.41) is 4.01. The molecule has 0 aliphatic carbocycles. The van der Waals surface area contributed by atoms with E-state index in [0.29, 0.717) is 77.3 Å². The van der Waals surface area contributed by atoms with Crippen LogP contribution in [0.2, 0.25) is 5.02 Å². The average molecular weight is 593 g/mol. The Hall–Kier alpha value is -4.07. The minimum Gasteiger partial charge on any atom is -0.497 e. The van der Waals surface area contributed by atoms with Gasteiger partial charge < -0.3 is 19.7 Å². The van der Waals surface area contributed by atoms with Gasteiger partial charge in [-0.2, -0.15) is 4.98 Å². The van der Waals surface area contributed by atoms with Gasteiger partial charge in [-0.15, -0.1) is 6.42 Å². The molecule has 11 heteroatoms. The van der Waals surface area contributed by atoms with Gasteiger partial charge in [-0.1, -0.05) is 37.4 Å². The maximum atomic E-state index is 14.1. The highest BCUT2D eigenvalue weighted by molar-refractivity contribution is 6.35. The molecule has 10 nitrogen and oxygen atoms in total. The van der Waals surface area contributed by atoms with Crippen molar-refractivity contribution in [2.45, 2.75) is 32.7 Å². The summed E-state index contributed by atoms with van der Waals surface area (Å²) in [7, 11) is 1.56. The fraction of sp³-hybridized carbons (Fsp3) is 0.419. The Morgan fingerprint density at radius 2 is 1.98 bits per heavy atom. The number of hydrogen-bond acceptors (Lipinski definition) is 8. The molecular formula is C31H37ClN6O4. The van der Waals surface area contributed by atoms with E-state index in [1.54, 1.807) is 41.0 Å². The summed E-state index contributed by atoms with van der Waals surface area (Å²) in [5.41, 5.74) is 1.18. The number of fused-ring (bicyclic) bond motifs is 1. The lowest BCUT2D eigenvalue weighted by Gasteiger charge is -2.34. The molecule has 1 fully saturated rings. The van der Waals surface area contributed by atoms with Crippen molar-refractivity contribution in [3.8, 4) is 35.0 Å². The van der Waals surface area contributed by atoms with Crippen LogP contribution in [-0.2, 0) is 11.3 Å². The molecule has 0 atom stereocenters. The topological polar surface area (TPSA) is 102 Å². The van der Waals surface area contributed by atoms with Crippen LogP contribution < -0.4 is 20.3 Å². The molecule has 1 N–H and O–H groups in total. The maximum absolute atomic E-state index is 14.1. The zero-order valence-electron chi connectivity index (χ0n) is 24.2. The summed E-state index contributed by atoms with van der Waals surface area (Å²) in [5.74, 6) is 3.80. The smallest absolute Gasteiger partial charge is 0.260 e. The third kappa shape index (κ3) is 7.22. The van der Waals surface area contributed by atoms with E-state index in [1.165, 1.54) is 6.08 Å². The summed E-state index contributed by atoms with van der Waals surface area (Å²) in [6.07, 6.45) is 11.0. The monoisotopic (exact) mass is 592 g/mol. The normalized spacial score (nSPS) is 13.5. The number of unbranched alkanes of at least 4 members (excludes halogenated alkanes) is 1. The molecule has 1 aliphatic heterocycles. The molecule has 1 aromatic carbocycles. The van der Waals surface area contributed by atoms with E-state index in [0.717, 1.165) is 32.5 Å². The quantitative estimate of drug-likeness (QED) is 0.180. The molecule has 1 saturated heterocycles. The molecule has 0 unspecified atom stereocenters. The van der Waals surface area contributed by atoms with Gasteiger partial charge >= 0.3 is 0 Å². The third-order valence-electron chi connectivity index (χ3n) is 7.18. The van der Waals surface area contributed by atoms with Crippen LogP contribution in [0.15, 0.2) is 41.8 Å². The predicted octanol–water partition coefficient (Wildman–Crippen LogP) is 4.06. The summed E-state index contributed by atoms with van der Waals surface area (Å²) in [6, 6.07) is 5.23. The average Bonchev–Trinajstić information content (AvgIpc) is 3.01. The van der Waals surface area contributed by atoms with Gasteiger partial charge in [-0.3, -0.25) is 19.1 Å². The van der Waals surface area contributed by atoms with E-state index in [-0.39, 0.29) is 18.0 Å². The van der Waals surface area contributed by atoms with Gasteiger partial charge in [0.2, 0.25) is 11.9 Å². The number of hydrogen-bond donors (Lipinski definition) is 1. The van der Waals surface area contributed by atoms with Crippen LogP contribution in [0, 0.1) is 12.3 Å². The summed E-state index contributed by atoms with van der Waals surface area (Å²) in [6.45, 7) is 10.4. The van der Waals surface area contributed by atoms with Crippen molar-refractivity contribution in [1.82, 2.24) is 24.3 Å². The molecule has 1 aliphatic rings. The number of ether oxygens (including phenoxy) is 2. The molecule has 42 heavy (non-hydrogen) atoms. The standard InChI is InChI=1S/C31H37ClN6O4/c1-5-8-17-42-26-20-23(41-4)19-24(28(26)32)25-18-22-21-34-31(33-10-6-2)35-29(22)38(30(25)40)12-9-11-36-13-15-37(16-14-36)27(39)7-3/h2,7,18-21H,3,5,8-17H2,1,4H3,(H,33,34,35). The minimum absolute atomic E-state index is 0.0476. The highest BCUT2D eigenvalue weighted by Crippen LogP contribution is 2.39. The van der Waals surface area contributed by atoms with Crippen LogP contribution in [0.1, 0.15) is 26.2 Å². The first-order valence-electron chi connectivity index (χ1n) is 14.1. The molecule has 3 aromatic rings. The lowest BCUT2D eigenvalue weighted by atomic mass is 10.0. The summed E-state index contributed by atoms with van der Waals surface area (Å²) < 4.78 is 13.1. The van der Waals surface area contributed by atoms with E-state index in [4.69, 9.17) is 27.5 Å². The van der Waals surface area contributed by atoms with Crippen molar-refractivity contribution in [3.63, 3.8) is 0 Å². The highest BCUT2D eigenvalue weighted by Gasteiger charge is 2.21. The second kappa shape index (κ2) is 14.7. The lowest BCUT2D eigenvalue weighted by Crippen LogP contribution is -2.48. The first-order chi connectivity index (χ1) is 20.4. The SMILES string of the molecule is C#CCNc1ncc2cc(-c3cc(OC)cc(OCCCC)c3Cl)c(=O)n(CCCN3CCN(C(=O)C=C)CC3)c2n1. The van der Waals surface area contributed by atoms with E-state index in [1.807, 2.05) is 0 Å². The number of nitrogens with one attached hydrogen (secondary N) is 1. The molecule has 4 rings (SSSR count). The Labute approximate surface area is 251 Å². The fourth-order valence-corrected chi connectivity index (χ4v) is 5.13. The molecule has 2 aromatic heterocycles. The van der Waals surface area contributed by atoms with Crippen molar-refractivity contribution >= 4 is 34.5 Å². The third-order valence-corrected chi connectivity index (χ3v) is 7.57. The number of aromatic nitrogens is 3. The van der Waals surface area contributed by atoms with Crippen LogP contribution >= 0.6 is 11.6 Å². The predicted molar refractivity (Wildman–Crippen MR) is 166 cm³/mol. The van der Waals surface area contributed by atoms with Gasteiger partial charge in [0.15, 0.2) is 0 Å². The minimum atomic E-state index is -0.236. The van der Waals surface area contributed by atoms with E-state index in [2.05, 4.69) is 39.6 Å². The van der Waals surface area contributed by atoms with Crippen LogP contribution in [0.5, 0.6) is 11.5 Å². The molecule has 0 saturated carbocycles. The largest absolute Gasteiger partial charge is 0.497 e. The molecule has 1 amide bonds. The number of pyridine rings is 1. The fourth-order valence-electron chi connectivity index (χ4n) is 4.87. The summed E-state index contributed by atoms with van der Waals surface area (Å²) >= 11 is 6.83. The Morgan fingerprint density at radius 1 is 1.19 bits per heavy atom. The number of carbonyl (C=O) groups is 1. The number of halogens is 1. The lowest BCUT2D eigenvalue weighted by molar-refractivity contribution is -0.127. The second-order valence-corrected chi connectivity index (χ2v) is 10.3. The van der Waals surface area contributed by atoms with Gasteiger partial charge in [0.1, 0.15) is 17.1 Å². The second-order valence-electron chi connectivity index (χ2n) is 9.96. The van der Waals surface area contributed by atoms with Crippen LogP contribution in [0.25, 0.3) is 22.2 Å². The number of benzene rings is 1. The Morgan fingerprint density at radius 3 is 2.67 bits per heavy atom. The number of amides is 1. The molecule has 0 spiro atoms. The van der Waals surface area contributed by atoms with E-state index >= 15 is 0 Å². The number of nitrogens with zero attached hydrogens (tertiary/aromatic N) is 5. The van der Waals surface area contributed by atoms with Crippen molar-refractivity contribution in [3.05, 3.63) is 52.4 Å². The first kappa shape index (κ1) is 30.9. The van der Waals surface area contributed by atoms with Gasteiger partial charge in [0, 0.05) is 61.5 Å². The van der Waals surface area contributed by atoms with Crippen molar-refractivity contribution in [2.24, 2.45) is 0 Å². The van der Waals surface area contributed by atoms with Crippen LogP contribution in [0.4, 0.5) is 5.95 Å². The zero-order valence-corrected chi connectivity index (χ0v) is 25.0.